The molecule has 28 nitrogen and oxygen atoms in total. The second kappa shape index (κ2) is 42.9. The van der Waals surface area contributed by atoms with E-state index in [1.807, 2.05) is 84.0 Å². The van der Waals surface area contributed by atoms with E-state index in [1.54, 1.807) is 32.0 Å². The molecule has 4 N–H and O–H groups in total. The van der Waals surface area contributed by atoms with Crippen molar-refractivity contribution in [2.24, 2.45) is 5.41 Å². The lowest BCUT2D eigenvalue weighted by Gasteiger charge is -2.35. The van der Waals surface area contributed by atoms with Crippen LogP contribution in [0, 0.1) is 26.2 Å². The number of nitrogens with zero attached hydrogens (tertiary/aromatic N) is 8. The van der Waals surface area contributed by atoms with Gasteiger partial charge in [0.15, 0.2) is 41.2 Å². The van der Waals surface area contributed by atoms with Gasteiger partial charge in [-0.05, 0) is 145 Å². The van der Waals surface area contributed by atoms with Crippen LogP contribution in [0.4, 0.5) is 71.9 Å². The number of amides is 4. The number of carbonyl (C=O) groups is 8. The Morgan fingerprint density at radius 2 is 0.636 bits per heavy atom. The van der Waals surface area contributed by atoms with Crippen molar-refractivity contribution < 1.29 is 149 Å². The average Bonchev–Trinajstić information content (AvgIpc) is 0.805. The van der Waals surface area contributed by atoms with Gasteiger partial charge in [0.25, 0.3) is 0 Å². The molecule has 4 amide bonds. The fourth-order valence-electron chi connectivity index (χ4n) is 11.3. The van der Waals surface area contributed by atoms with Gasteiger partial charge in [-0.2, -0.15) is 52.7 Å². The number of hydrogen-bond acceptors (Lipinski definition) is 20. The first-order valence-electron chi connectivity index (χ1n) is 38.4. The number of carbonyl (C=O) groups excluding carboxylic acids is 4. The molecular weight excluding hydrogens is 1660 g/mol. The van der Waals surface area contributed by atoms with Crippen LogP contribution < -0.4 is 18.9 Å². The van der Waals surface area contributed by atoms with E-state index in [4.69, 9.17) is 30.5 Å². The van der Waals surface area contributed by atoms with Gasteiger partial charge in [0.1, 0.15) is 29.6 Å². The summed E-state index contributed by atoms with van der Waals surface area (Å²) in [6, 6.07) is 21.6. The zero-order valence-electron chi connectivity index (χ0n) is 69.9. The number of alkyl halides is 12. The van der Waals surface area contributed by atoms with Gasteiger partial charge in [-0.1, -0.05) is 60.1 Å². The summed E-state index contributed by atoms with van der Waals surface area (Å²) in [5, 5.41) is 37.6. The number of halogens is 13. The average molecular weight is 1760 g/mol. The van der Waals surface area contributed by atoms with E-state index in [9.17, 15) is 111 Å². The predicted molar refractivity (Wildman–Crippen MR) is 414 cm³/mol. The molecule has 4 aliphatic heterocycles. The maximum absolute atomic E-state index is 12.6. The lowest BCUT2D eigenvalue weighted by molar-refractivity contribution is -0.200. The van der Waals surface area contributed by atoms with E-state index < -0.39 is 120 Å². The Morgan fingerprint density at radius 3 is 0.934 bits per heavy atom. The van der Waals surface area contributed by atoms with E-state index in [2.05, 4.69) is 23.8 Å². The van der Waals surface area contributed by atoms with Crippen molar-refractivity contribution >= 4 is 59.9 Å². The topological polar surface area (TPSA) is 317 Å². The van der Waals surface area contributed by atoms with Crippen LogP contribution in [0.2, 0.25) is 5.02 Å². The zero-order chi connectivity index (χ0) is 91.5. The van der Waals surface area contributed by atoms with E-state index in [0.29, 0.717) is 112 Å². The summed E-state index contributed by atoms with van der Waals surface area (Å²) in [5.41, 5.74) is 0.535. The highest BCUT2D eigenvalue weighted by atomic mass is 35.5. The Bertz CT molecular complexity index is 4030. The Hall–Kier alpha value is -9.67. The van der Waals surface area contributed by atoms with Gasteiger partial charge in [-0.3, -0.25) is 24.4 Å². The first-order chi connectivity index (χ1) is 55.7. The summed E-state index contributed by atoms with van der Waals surface area (Å²) < 4.78 is 192. The number of aryl methyl sites for hydroxylation is 3. The van der Waals surface area contributed by atoms with Gasteiger partial charge in [-0.25, -0.2) is 33.6 Å². The van der Waals surface area contributed by atoms with Crippen molar-refractivity contribution in [3.63, 3.8) is 0 Å². The predicted octanol–water partition coefficient (Wildman–Crippen LogP) is 14.4. The summed E-state index contributed by atoms with van der Waals surface area (Å²) in [6.07, 6.45) is -31.0. The molecule has 4 unspecified atom stereocenters. The van der Waals surface area contributed by atoms with E-state index in [-0.39, 0.29) is 59.0 Å². The molecule has 678 valence electrons. The molecule has 4 aromatic carbocycles. The molecule has 0 saturated carbocycles. The molecule has 4 aromatic rings. The number of rotatable bonds is 25. The quantitative estimate of drug-likeness (QED) is 0.0354. The number of carboxylic acid groups (broad SMARTS) is 4. The number of aliphatic carboxylic acids is 4. The maximum atomic E-state index is 12.6. The van der Waals surface area contributed by atoms with Gasteiger partial charge >= 0.3 is 73.0 Å². The molecule has 0 radical (unpaired) electrons. The first-order valence-corrected chi connectivity index (χ1v) is 38.7. The number of piperazine rings is 4. The third-order valence-corrected chi connectivity index (χ3v) is 19.9. The minimum atomic E-state index is -4.60. The smallest absolute Gasteiger partial charge is 0.425 e. The molecular formula is C80H107ClF12N8O20. The highest BCUT2D eigenvalue weighted by Crippen LogP contribution is 2.35. The van der Waals surface area contributed by atoms with Gasteiger partial charge < -0.3 is 77.9 Å². The van der Waals surface area contributed by atoms with Gasteiger partial charge in [-0.15, -0.1) is 0 Å². The van der Waals surface area contributed by atoms with Crippen LogP contribution in [0.3, 0.4) is 0 Å². The molecule has 0 aliphatic carbocycles. The summed E-state index contributed by atoms with van der Waals surface area (Å²) in [7, 11) is 0. The SMILES string of the molecule is CC(OC(=O)N1CCN(Cc2ccc(Cl)cc2OC(C)(C)C(=O)O)CC1)C(F)(F)F.Cc1ccc(CN2CCN(C(=O)OC(C)C(F)(F)F)CC2)c(OC(C)(C)C(=O)O)c1.Cc1ccc(CN2CCN(C(=O)OC(C)C(F)(F)F)CC2)c(OCC(C)(C)C(=O)O)c1.Cc1cccc(CN2CCN(C(=O)OC(C)C(F)(F)F)CC2)c1OC(C)(C)C(=O)O. The monoisotopic (exact) mass is 1760 g/mol. The van der Waals surface area contributed by atoms with Crippen LogP contribution in [0.15, 0.2) is 72.8 Å². The van der Waals surface area contributed by atoms with E-state index >= 15 is 0 Å². The van der Waals surface area contributed by atoms with Crippen LogP contribution in [-0.2, 0) is 64.3 Å². The van der Waals surface area contributed by atoms with Crippen molar-refractivity contribution in [2.75, 3.05) is 111 Å². The molecule has 4 atom stereocenters. The summed E-state index contributed by atoms with van der Waals surface area (Å²) in [6.45, 7) is 27.8. The molecule has 4 saturated heterocycles. The summed E-state index contributed by atoms with van der Waals surface area (Å²) >= 11 is 6.02. The van der Waals surface area contributed by atoms with Crippen molar-refractivity contribution in [3.8, 4) is 23.0 Å². The van der Waals surface area contributed by atoms with E-state index in [0.717, 1.165) is 61.1 Å². The van der Waals surface area contributed by atoms with Crippen LogP contribution in [0.5, 0.6) is 23.0 Å². The molecule has 41 heteroatoms. The molecule has 4 fully saturated rings. The normalized spacial score (nSPS) is 16.8. The van der Waals surface area contributed by atoms with Crippen LogP contribution in [0.25, 0.3) is 0 Å². The Kier molecular flexibility index (Phi) is 36.1. The summed E-state index contributed by atoms with van der Waals surface area (Å²) in [5.74, 6) is -2.38. The standard InChI is InChI=1S/C21H29F3N2O5.2C20H27F3N2O5.C19H24ClF3N2O5/c1-14-5-6-16(17(11-14)30-13-20(3,4)18(27)28)12-25-7-9-26(10-8-25)19(29)31-15(2)21(22,23)24;1-13-5-6-15(16(11-13)30-19(3,4)17(26)27)12-24-7-9-25(10-8-24)18(28)29-14(2)20(21,22)23;1-13-6-5-7-15(16(13)30-19(3,4)17(26)27)12-24-8-10-25(11-9-24)18(28)29-14(2)20(21,22)23;1-12(19(21,22)23)29-17(28)25-8-6-24(7-9-25)11-13-4-5-14(20)10-15(13)30-18(2,3)16(26)27/h5-6,11,15H,7-10,12-13H2,1-4H3,(H,27,28);5-6,11,14H,7-10,12H2,1-4H3,(H,26,27);5-7,14H,8-12H2,1-4H3,(H,26,27);4-5,10,12H,6-9,11H2,1-3H3,(H,26,27). The highest BCUT2D eigenvalue weighted by molar-refractivity contribution is 6.30. The lowest BCUT2D eigenvalue weighted by Crippen LogP contribution is -2.49. The third-order valence-electron chi connectivity index (χ3n) is 19.6. The Morgan fingerprint density at radius 1 is 0.364 bits per heavy atom. The maximum Gasteiger partial charge on any atom is 0.425 e. The van der Waals surface area contributed by atoms with Crippen molar-refractivity contribution in [1.29, 1.82) is 0 Å². The first kappa shape index (κ1) is 102. The minimum Gasteiger partial charge on any atom is -0.492 e. The molecule has 121 heavy (non-hydrogen) atoms. The molecule has 0 bridgehead atoms. The zero-order valence-corrected chi connectivity index (χ0v) is 70.7. The second-order valence-electron chi connectivity index (χ2n) is 31.6. The lowest BCUT2D eigenvalue weighted by atomic mass is 9.95. The molecule has 4 aliphatic rings. The van der Waals surface area contributed by atoms with Gasteiger partial charge in [0, 0.05) is 158 Å². The molecule has 4 heterocycles. The fourth-order valence-corrected chi connectivity index (χ4v) is 11.5. The number of benzene rings is 4. The molecule has 0 spiro atoms. The number of ether oxygens (including phenoxy) is 8. The molecule has 8 rings (SSSR count). The van der Waals surface area contributed by atoms with Crippen molar-refractivity contribution in [2.45, 2.75) is 196 Å². The molecule has 0 aromatic heterocycles. The van der Waals surface area contributed by atoms with Crippen molar-refractivity contribution in [3.05, 3.63) is 117 Å². The highest BCUT2D eigenvalue weighted by Gasteiger charge is 2.45. The third kappa shape index (κ3) is 32.3. The number of carboxylic acids is 4. The largest absolute Gasteiger partial charge is 0.492 e. The number of para-hydroxylation sites is 1. The van der Waals surface area contributed by atoms with Crippen molar-refractivity contribution in [1.82, 2.24) is 39.2 Å². The van der Waals surface area contributed by atoms with Crippen LogP contribution in [0.1, 0.15) is 122 Å². The fraction of sp³-hybridized carbons (Fsp3) is 0.600. The van der Waals surface area contributed by atoms with E-state index in [1.165, 1.54) is 67.2 Å². The van der Waals surface area contributed by atoms with Crippen LogP contribution in [-0.4, -0.2) is 285 Å². The van der Waals surface area contributed by atoms with Crippen LogP contribution >= 0.6 is 11.6 Å². The second-order valence-corrected chi connectivity index (χ2v) is 32.0. The Labute approximate surface area is 698 Å². The summed E-state index contributed by atoms with van der Waals surface area (Å²) in [4.78, 5) is 106. The minimum absolute atomic E-state index is 0.00972. The van der Waals surface area contributed by atoms with Gasteiger partial charge in [0.2, 0.25) is 0 Å². The van der Waals surface area contributed by atoms with Gasteiger partial charge in [0.05, 0.1) is 5.41 Å². The number of hydrogen-bond donors (Lipinski definition) is 4. The Balaban J connectivity index is 0.000000287.